The number of carbonyl (C=O) groups is 1. The van der Waals surface area contributed by atoms with Crippen LogP contribution in [0.3, 0.4) is 0 Å². The summed E-state index contributed by atoms with van der Waals surface area (Å²) in [5.41, 5.74) is 1.41. The minimum absolute atomic E-state index is 0. The van der Waals surface area contributed by atoms with Gasteiger partial charge in [0.1, 0.15) is 0 Å². The first-order valence-electron chi connectivity index (χ1n) is 7.82. The van der Waals surface area contributed by atoms with Crippen molar-refractivity contribution in [2.45, 2.75) is 31.8 Å². The van der Waals surface area contributed by atoms with Crippen molar-refractivity contribution in [1.29, 1.82) is 0 Å². The molecule has 1 saturated heterocycles. The maximum atomic E-state index is 12.4. The van der Waals surface area contributed by atoms with Gasteiger partial charge in [-0.1, -0.05) is 33.3 Å². The molecule has 6 nitrogen and oxygen atoms in total. The quantitative estimate of drug-likeness (QED) is 0.807. The second-order valence-electron chi connectivity index (χ2n) is 5.82. The van der Waals surface area contributed by atoms with Crippen molar-refractivity contribution >= 4 is 34.2 Å². The smallest absolute Gasteiger partial charge is 0.273 e. The predicted octanol–water partition coefficient (Wildman–Crippen LogP) is 2.88. The zero-order valence-corrected chi connectivity index (χ0v) is 15.8. The van der Waals surface area contributed by atoms with Gasteiger partial charge in [-0.25, -0.2) is 4.68 Å². The summed E-state index contributed by atoms with van der Waals surface area (Å²) in [6.07, 6.45) is 3.77. The molecule has 1 unspecified atom stereocenters. The van der Waals surface area contributed by atoms with Crippen LogP contribution >= 0.6 is 28.3 Å². The summed E-state index contributed by atoms with van der Waals surface area (Å²) < 4.78 is 2.81. The molecule has 1 atom stereocenters. The fraction of sp³-hybridized carbons (Fsp3) is 0.438. The minimum Gasteiger partial charge on any atom is -0.344 e. The van der Waals surface area contributed by atoms with Gasteiger partial charge >= 0.3 is 0 Å². The Bertz CT molecular complexity index is 687. The Morgan fingerprint density at radius 1 is 1.42 bits per heavy atom. The summed E-state index contributed by atoms with van der Waals surface area (Å²) in [5, 5.41) is 14.4. The molecule has 0 saturated carbocycles. The van der Waals surface area contributed by atoms with Gasteiger partial charge < -0.3 is 10.6 Å². The molecule has 1 aliphatic heterocycles. The molecule has 1 amide bonds. The first-order chi connectivity index (χ1) is 11.1. The van der Waals surface area contributed by atoms with Crippen LogP contribution in [-0.2, 0) is 0 Å². The van der Waals surface area contributed by atoms with Crippen LogP contribution in [0, 0.1) is 0 Å². The molecule has 1 aromatic heterocycles. The Morgan fingerprint density at radius 2 is 2.17 bits per heavy atom. The summed E-state index contributed by atoms with van der Waals surface area (Å²) in [4.78, 5) is 12.4. The van der Waals surface area contributed by atoms with Gasteiger partial charge in [0, 0.05) is 4.47 Å². The summed E-state index contributed by atoms with van der Waals surface area (Å²) in [6, 6.07) is 8.13. The molecule has 2 heterocycles. The number of rotatable bonds is 4. The van der Waals surface area contributed by atoms with Crippen LogP contribution in [0.1, 0.15) is 47.9 Å². The highest BCUT2D eigenvalue weighted by Gasteiger charge is 2.19. The highest BCUT2D eigenvalue weighted by atomic mass is 79.9. The average Bonchev–Trinajstić information content (AvgIpc) is 3.06. The number of benzene rings is 1. The van der Waals surface area contributed by atoms with Crippen LogP contribution in [0.25, 0.3) is 0 Å². The highest BCUT2D eigenvalue weighted by molar-refractivity contribution is 9.10. The van der Waals surface area contributed by atoms with Crippen molar-refractivity contribution < 1.29 is 4.79 Å². The van der Waals surface area contributed by atoms with E-state index in [0.29, 0.717) is 11.7 Å². The van der Waals surface area contributed by atoms with Crippen LogP contribution in [-0.4, -0.2) is 34.0 Å². The molecule has 0 radical (unpaired) electrons. The molecule has 1 fully saturated rings. The summed E-state index contributed by atoms with van der Waals surface area (Å²) in [7, 11) is 0. The number of piperidine rings is 1. The first-order valence-corrected chi connectivity index (χ1v) is 8.61. The van der Waals surface area contributed by atoms with Crippen LogP contribution in [0.5, 0.6) is 0 Å². The lowest BCUT2D eigenvalue weighted by molar-refractivity contribution is 0.0934. The third-order valence-corrected chi connectivity index (χ3v) is 4.62. The lowest BCUT2D eigenvalue weighted by Gasteiger charge is -2.22. The van der Waals surface area contributed by atoms with Crippen molar-refractivity contribution in [3.05, 3.63) is 46.2 Å². The van der Waals surface area contributed by atoms with E-state index in [2.05, 4.69) is 36.9 Å². The molecule has 3 rings (SSSR count). The van der Waals surface area contributed by atoms with Crippen molar-refractivity contribution in [2.24, 2.45) is 0 Å². The normalized spacial score (nSPS) is 16.2. The fourth-order valence-electron chi connectivity index (χ4n) is 2.76. The Kier molecular flexibility index (Phi) is 6.77. The van der Waals surface area contributed by atoms with Gasteiger partial charge in [0.15, 0.2) is 5.69 Å². The second kappa shape index (κ2) is 8.60. The van der Waals surface area contributed by atoms with Crippen molar-refractivity contribution in [3.8, 4) is 0 Å². The van der Waals surface area contributed by atoms with Crippen LogP contribution < -0.4 is 10.6 Å². The molecule has 2 N–H and O–H groups in total. The van der Waals surface area contributed by atoms with Gasteiger partial charge in [0.2, 0.25) is 0 Å². The van der Waals surface area contributed by atoms with Gasteiger partial charge in [0.25, 0.3) is 5.91 Å². The fourth-order valence-corrected chi connectivity index (χ4v) is 3.18. The zero-order chi connectivity index (χ0) is 16.2. The summed E-state index contributed by atoms with van der Waals surface area (Å²) >= 11 is 3.45. The van der Waals surface area contributed by atoms with Crippen molar-refractivity contribution in [1.82, 2.24) is 25.6 Å². The molecule has 130 valence electrons. The van der Waals surface area contributed by atoms with E-state index in [9.17, 15) is 4.79 Å². The van der Waals surface area contributed by atoms with E-state index in [0.717, 1.165) is 36.0 Å². The van der Waals surface area contributed by atoms with Gasteiger partial charge in [-0.3, -0.25) is 4.79 Å². The van der Waals surface area contributed by atoms with E-state index >= 15 is 0 Å². The third-order valence-electron chi connectivity index (χ3n) is 4.12. The number of hydrogen-bond donors (Lipinski definition) is 2. The highest BCUT2D eigenvalue weighted by Crippen LogP contribution is 2.19. The molecular formula is C16H21BrClN5O. The summed E-state index contributed by atoms with van der Waals surface area (Å²) in [6.45, 7) is 3.91. The predicted molar refractivity (Wildman–Crippen MR) is 98.4 cm³/mol. The summed E-state index contributed by atoms with van der Waals surface area (Å²) in [5.74, 6) is -0.197. The Morgan fingerprint density at radius 3 is 2.88 bits per heavy atom. The average molecular weight is 415 g/mol. The van der Waals surface area contributed by atoms with E-state index in [-0.39, 0.29) is 24.4 Å². The van der Waals surface area contributed by atoms with Crippen molar-refractivity contribution in [2.75, 3.05) is 13.1 Å². The monoisotopic (exact) mass is 413 g/mol. The molecule has 8 heteroatoms. The maximum Gasteiger partial charge on any atom is 0.273 e. The minimum atomic E-state index is -0.197. The Labute approximate surface area is 155 Å². The molecule has 0 bridgehead atoms. The van der Waals surface area contributed by atoms with E-state index in [1.54, 1.807) is 6.20 Å². The second-order valence-corrected chi connectivity index (χ2v) is 6.73. The number of amides is 1. The van der Waals surface area contributed by atoms with E-state index in [4.69, 9.17) is 0 Å². The van der Waals surface area contributed by atoms with Crippen molar-refractivity contribution in [3.63, 3.8) is 0 Å². The van der Waals surface area contributed by atoms with Crippen LogP contribution in [0.4, 0.5) is 0 Å². The lowest BCUT2D eigenvalue weighted by atomic mass is 10.1. The molecule has 24 heavy (non-hydrogen) atoms. The van der Waals surface area contributed by atoms with E-state index in [1.807, 2.05) is 35.9 Å². The molecule has 1 aliphatic rings. The molecule has 0 aliphatic carbocycles. The van der Waals surface area contributed by atoms with Gasteiger partial charge in [-0.05, 0) is 50.6 Å². The molecule has 1 aromatic carbocycles. The van der Waals surface area contributed by atoms with Crippen LogP contribution in [0.2, 0.25) is 0 Å². The number of aromatic nitrogens is 3. The first kappa shape index (κ1) is 18.9. The van der Waals surface area contributed by atoms with Crippen LogP contribution in [0.15, 0.2) is 34.9 Å². The largest absolute Gasteiger partial charge is 0.344 e. The Hall–Kier alpha value is -1.44. The van der Waals surface area contributed by atoms with Gasteiger partial charge in [0.05, 0.1) is 18.3 Å². The molecular weight excluding hydrogens is 394 g/mol. The van der Waals surface area contributed by atoms with E-state index < -0.39 is 0 Å². The van der Waals surface area contributed by atoms with Gasteiger partial charge in [-0.2, -0.15) is 0 Å². The number of hydrogen-bond acceptors (Lipinski definition) is 4. The molecule has 2 aromatic rings. The number of halogens is 2. The topological polar surface area (TPSA) is 71.8 Å². The zero-order valence-electron chi connectivity index (χ0n) is 13.4. The van der Waals surface area contributed by atoms with Gasteiger partial charge in [-0.15, -0.1) is 17.5 Å². The standard InChI is InChI=1S/C16H20BrN5O.ClH/c1-11(12-3-2-4-13(17)9-12)19-16(23)15-10-22(21-20-15)14-5-7-18-8-6-14;/h2-4,9-11,14,18H,5-8H2,1H3,(H,19,23);1H. The van der Waals surface area contributed by atoms with E-state index in [1.165, 1.54) is 0 Å². The Balaban J connectivity index is 0.00000208. The third kappa shape index (κ3) is 4.55. The maximum absolute atomic E-state index is 12.4. The SMILES string of the molecule is CC(NC(=O)c1cn(C2CCNCC2)nn1)c1cccc(Br)c1.Cl. The number of nitrogens with zero attached hydrogens (tertiary/aromatic N) is 3. The number of nitrogens with one attached hydrogen (secondary N) is 2. The number of carbonyl (C=O) groups excluding carboxylic acids is 1. The lowest BCUT2D eigenvalue weighted by Crippen LogP contribution is -2.29. The molecule has 0 spiro atoms.